The summed E-state index contributed by atoms with van der Waals surface area (Å²) in [7, 11) is 0. The zero-order valence-corrected chi connectivity index (χ0v) is 20.5. The van der Waals surface area contributed by atoms with Gasteiger partial charge in [-0.05, 0) is 68.7 Å². The number of carbonyl (C=O) groups excluding carboxylic acids is 1. The lowest BCUT2D eigenvalue weighted by molar-refractivity contribution is -0.112. The van der Waals surface area contributed by atoms with Gasteiger partial charge in [0.2, 0.25) is 0 Å². The molecule has 0 spiro atoms. The lowest BCUT2D eigenvalue weighted by atomic mass is 10.1. The first-order valence-corrected chi connectivity index (χ1v) is 11.3. The van der Waals surface area contributed by atoms with E-state index in [-0.39, 0.29) is 5.57 Å². The van der Waals surface area contributed by atoms with Gasteiger partial charge in [-0.15, -0.1) is 0 Å². The molecule has 0 aromatic heterocycles. The summed E-state index contributed by atoms with van der Waals surface area (Å²) in [6.45, 7) is 8.56. The highest BCUT2D eigenvalue weighted by Gasteiger charge is 2.15. The third-order valence-corrected chi connectivity index (χ3v) is 5.35. The Hall–Kier alpha value is -3.75. The molecule has 0 unspecified atom stereocenters. The van der Waals surface area contributed by atoms with Crippen molar-refractivity contribution in [1.29, 1.82) is 5.26 Å². The van der Waals surface area contributed by atoms with Crippen LogP contribution >= 0.6 is 11.6 Å². The van der Waals surface area contributed by atoms with Crippen LogP contribution in [-0.2, 0) is 11.4 Å². The predicted octanol–water partition coefficient (Wildman–Crippen LogP) is 6.79. The van der Waals surface area contributed by atoms with Gasteiger partial charge in [-0.1, -0.05) is 59.1 Å². The summed E-state index contributed by atoms with van der Waals surface area (Å²) in [6.07, 6.45) is 1.48. The molecule has 0 atom stereocenters. The second-order valence-corrected chi connectivity index (χ2v) is 8.39. The minimum Gasteiger partial charge on any atom is -0.490 e. The molecule has 0 radical (unpaired) electrons. The number of nitrogens with zero attached hydrogens (tertiary/aromatic N) is 1. The Bertz CT molecular complexity index is 1250. The van der Waals surface area contributed by atoms with E-state index in [2.05, 4.69) is 23.5 Å². The third kappa shape index (κ3) is 6.40. The van der Waals surface area contributed by atoms with E-state index in [1.165, 1.54) is 6.08 Å². The molecular formula is C28H27ClN2O3. The van der Waals surface area contributed by atoms with Crippen molar-refractivity contribution in [2.75, 3.05) is 11.9 Å². The molecule has 0 aliphatic carbocycles. The monoisotopic (exact) mass is 474 g/mol. The van der Waals surface area contributed by atoms with Gasteiger partial charge in [0.25, 0.3) is 5.91 Å². The highest BCUT2D eigenvalue weighted by atomic mass is 35.5. The molecular weight excluding hydrogens is 448 g/mol. The minimum atomic E-state index is -0.499. The number of ether oxygens (including phenoxy) is 2. The standard InChI is InChI=1S/C28H27ClN2O3/c1-5-33-26-15-21(13-23(16-30)28(32)31-25-9-7-6-8-20(25)4)14-24(29)27(26)34-17-22-11-18(2)10-19(3)12-22/h6-15H,5,17H2,1-4H3,(H,31,32)/b23-13+. The van der Waals surface area contributed by atoms with E-state index < -0.39 is 5.91 Å². The molecule has 0 saturated carbocycles. The van der Waals surface area contributed by atoms with Crippen molar-refractivity contribution in [2.24, 2.45) is 0 Å². The van der Waals surface area contributed by atoms with E-state index >= 15 is 0 Å². The fourth-order valence-corrected chi connectivity index (χ4v) is 3.87. The summed E-state index contributed by atoms with van der Waals surface area (Å²) in [6, 6.07) is 18.9. The SMILES string of the molecule is CCOc1cc(/C=C(\C#N)C(=O)Nc2ccccc2C)cc(Cl)c1OCc1cc(C)cc(C)c1. The van der Waals surface area contributed by atoms with E-state index in [4.69, 9.17) is 21.1 Å². The molecule has 0 aliphatic rings. The van der Waals surface area contributed by atoms with Crippen molar-refractivity contribution in [3.8, 4) is 17.6 Å². The average Bonchev–Trinajstić information content (AvgIpc) is 2.78. The van der Waals surface area contributed by atoms with Crippen molar-refractivity contribution in [1.82, 2.24) is 0 Å². The lowest BCUT2D eigenvalue weighted by Gasteiger charge is -2.15. The van der Waals surface area contributed by atoms with Crippen LogP contribution in [0.5, 0.6) is 11.5 Å². The van der Waals surface area contributed by atoms with Crippen molar-refractivity contribution in [3.05, 3.63) is 93.0 Å². The molecule has 0 heterocycles. The molecule has 0 aliphatic heterocycles. The van der Waals surface area contributed by atoms with Crippen molar-refractivity contribution < 1.29 is 14.3 Å². The number of rotatable bonds is 8. The minimum absolute atomic E-state index is 0.0503. The van der Waals surface area contributed by atoms with Crippen LogP contribution in [0, 0.1) is 32.1 Å². The number of benzene rings is 3. The van der Waals surface area contributed by atoms with E-state index in [1.54, 1.807) is 18.2 Å². The van der Waals surface area contributed by atoms with Gasteiger partial charge in [-0.25, -0.2) is 0 Å². The second-order valence-electron chi connectivity index (χ2n) is 7.99. The number of nitriles is 1. The Morgan fingerprint density at radius 1 is 1.06 bits per heavy atom. The molecule has 3 rings (SSSR count). The summed E-state index contributed by atoms with van der Waals surface area (Å²) in [5.74, 6) is 0.367. The van der Waals surface area contributed by atoms with E-state index in [9.17, 15) is 10.1 Å². The summed E-state index contributed by atoms with van der Waals surface area (Å²) < 4.78 is 11.8. The van der Waals surface area contributed by atoms with E-state index in [0.29, 0.717) is 41.0 Å². The fraction of sp³-hybridized carbons (Fsp3) is 0.214. The van der Waals surface area contributed by atoms with Gasteiger partial charge in [0, 0.05) is 5.69 Å². The second kappa shape index (κ2) is 11.4. The molecule has 1 amide bonds. The van der Waals surface area contributed by atoms with Crippen molar-refractivity contribution in [3.63, 3.8) is 0 Å². The van der Waals surface area contributed by atoms with E-state index in [0.717, 1.165) is 22.3 Å². The number of halogens is 1. The summed E-state index contributed by atoms with van der Waals surface area (Å²) in [4.78, 5) is 12.7. The number of hydrogen-bond donors (Lipinski definition) is 1. The first-order valence-electron chi connectivity index (χ1n) is 11.0. The Kier molecular flexibility index (Phi) is 8.34. The van der Waals surface area contributed by atoms with Crippen molar-refractivity contribution in [2.45, 2.75) is 34.3 Å². The average molecular weight is 475 g/mol. The number of anilines is 1. The molecule has 0 bridgehead atoms. The largest absolute Gasteiger partial charge is 0.490 e. The number of aryl methyl sites for hydroxylation is 3. The molecule has 3 aromatic carbocycles. The van der Waals surface area contributed by atoms with Crippen molar-refractivity contribution >= 4 is 29.3 Å². The number of nitrogens with one attached hydrogen (secondary N) is 1. The Morgan fingerprint density at radius 3 is 2.41 bits per heavy atom. The molecule has 3 aromatic rings. The molecule has 174 valence electrons. The Morgan fingerprint density at radius 2 is 1.76 bits per heavy atom. The lowest BCUT2D eigenvalue weighted by Crippen LogP contribution is -2.14. The maximum absolute atomic E-state index is 12.7. The highest BCUT2D eigenvalue weighted by molar-refractivity contribution is 6.32. The van der Waals surface area contributed by atoms with Crippen LogP contribution in [0.15, 0.2) is 60.2 Å². The Balaban J connectivity index is 1.86. The number of amides is 1. The van der Waals surface area contributed by atoms with Crippen LogP contribution in [0.3, 0.4) is 0 Å². The third-order valence-electron chi connectivity index (χ3n) is 5.07. The topological polar surface area (TPSA) is 71.3 Å². The zero-order valence-electron chi connectivity index (χ0n) is 19.7. The molecule has 1 N–H and O–H groups in total. The van der Waals surface area contributed by atoms with Gasteiger partial charge >= 0.3 is 0 Å². The number of carbonyl (C=O) groups is 1. The van der Waals surface area contributed by atoms with Crippen LogP contribution in [0.1, 0.15) is 34.7 Å². The van der Waals surface area contributed by atoms with Crippen LogP contribution in [0.25, 0.3) is 6.08 Å². The molecule has 6 heteroatoms. The quantitative estimate of drug-likeness (QED) is 0.288. The fourth-order valence-electron chi connectivity index (χ4n) is 3.60. The van der Waals surface area contributed by atoms with Gasteiger partial charge in [0.15, 0.2) is 11.5 Å². The van der Waals surface area contributed by atoms with Crippen LogP contribution in [-0.4, -0.2) is 12.5 Å². The van der Waals surface area contributed by atoms with E-state index in [1.807, 2.05) is 52.0 Å². The molecule has 34 heavy (non-hydrogen) atoms. The van der Waals surface area contributed by atoms with Crippen LogP contribution < -0.4 is 14.8 Å². The van der Waals surface area contributed by atoms with Gasteiger partial charge in [0.05, 0.1) is 11.6 Å². The molecule has 0 saturated heterocycles. The maximum atomic E-state index is 12.7. The van der Waals surface area contributed by atoms with Gasteiger partial charge in [-0.3, -0.25) is 4.79 Å². The highest BCUT2D eigenvalue weighted by Crippen LogP contribution is 2.38. The van der Waals surface area contributed by atoms with Crippen LogP contribution in [0.2, 0.25) is 5.02 Å². The molecule has 0 fully saturated rings. The molecule has 5 nitrogen and oxygen atoms in total. The van der Waals surface area contributed by atoms with Gasteiger partial charge in [-0.2, -0.15) is 5.26 Å². The summed E-state index contributed by atoms with van der Waals surface area (Å²) in [5.41, 5.74) is 5.40. The van der Waals surface area contributed by atoms with Crippen LogP contribution in [0.4, 0.5) is 5.69 Å². The number of para-hydroxylation sites is 1. The van der Waals surface area contributed by atoms with Gasteiger partial charge in [0.1, 0.15) is 18.2 Å². The predicted molar refractivity (Wildman–Crippen MR) is 136 cm³/mol. The zero-order chi connectivity index (χ0) is 24.7. The Labute approximate surface area is 205 Å². The summed E-state index contributed by atoms with van der Waals surface area (Å²) in [5, 5.41) is 12.7. The first kappa shape index (κ1) is 24.9. The maximum Gasteiger partial charge on any atom is 0.266 e. The smallest absolute Gasteiger partial charge is 0.266 e. The first-order chi connectivity index (χ1) is 16.3. The normalized spacial score (nSPS) is 11.0. The number of hydrogen-bond acceptors (Lipinski definition) is 4. The van der Waals surface area contributed by atoms with Gasteiger partial charge < -0.3 is 14.8 Å². The summed E-state index contributed by atoms with van der Waals surface area (Å²) >= 11 is 6.54.